The first-order valence-electron chi connectivity index (χ1n) is 6.14. The zero-order chi connectivity index (χ0) is 13.1. The molecule has 1 atom stereocenters. The third kappa shape index (κ3) is 2.41. The summed E-state index contributed by atoms with van der Waals surface area (Å²) in [5.74, 6) is 0. The van der Waals surface area contributed by atoms with Gasteiger partial charge in [0.05, 0.1) is 23.6 Å². The van der Waals surface area contributed by atoms with E-state index in [0.717, 1.165) is 23.4 Å². The third-order valence-electron chi connectivity index (χ3n) is 3.02. The highest BCUT2D eigenvalue weighted by Crippen LogP contribution is 2.24. The average Bonchev–Trinajstić information content (AvgIpc) is 2.77. The molecule has 0 aliphatic rings. The second-order valence-corrected chi connectivity index (χ2v) is 4.41. The molecule has 2 rings (SSSR count). The summed E-state index contributed by atoms with van der Waals surface area (Å²) in [4.78, 5) is 0. The topological polar surface area (TPSA) is 55.6 Å². The van der Waals surface area contributed by atoms with Gasteiger partial charge < -0.3 is 5.32 Å². The van der Waals surface area contributed by atoms with Gasteiger partial charge in [0.2, 0.25) is 0 Å². The summed E-state index contributed by atoms with van der Waals surface area (Å²) in [5, 5.41) is 16.0. The van der Waals surface area contributed by atoms with Crippen LogP contribution in [0.2, 0.25) is 0 Å². The van der Waals surface area contributed by atoms with Crippen LogP contribution >= 0.6 is 0 Å². The first-order chi connectivity index (χ1) is 8.65. The van der Waals surface area contributed by atoms with Crippen LogP contribution in [0, 0.1) is 6.92 Å². The summed E-state index contributed by atoms with van der Waals surface area (Å²) in [5.41, 5.74) is 4.29. The normalized spacial score (nSPS) is 12.7. The van der Waals surface area contributed by atoms with Crippen LogP contribution in [0.5, 0.6) is 0 Å². The number of nitrogens with zero attached hydrogens (tertiary/aromatic N) is 4. The fourth-order valence-corrected chi connectivity index (χ4v) is 2.15. The Bertz CT molecular complexity index is 532. The molecule has 2 aromatic heterocycles. The van der Waals surface area contributed by atoms with Crippen molar-refractivity contribution >= 4 is 0 Å². The van der Waals surface area contributed by atoms with Crippen LogP contribution in [0.15, 0.2) is 18.5 Å². The van der Waals surface area contributed by atoms with Crippen molar-refractivity contribution in [1.29, 1.82) is 0 Å². The maximum atomic E-state index is 4.28. The summed E-state index contributed by atoms with van der Waals surface area (Å²) >= 11 is 0. The SMILES string of the molecule is CCc1nnc(C)cc1C(NC)c1cnn(C)c1. The molecule has 0 aliphatic carbocycles. The van der Waals surface area contributed by atoms with Crippen molar-refractivity contribution < 1.29 is 0 Å². The Morgan fingerprint density at radius 1 is 1.39 bits per heavy atom. The first kappa shape index (κ1) is 12.7. The van der Waals surface area contributed by atoms with E-state index in [9.17, 15) is 0 Å². The van der Waals surface area contributed by atoms with Crippen molar-refractivity contribution in [2.24, 2.45) is 7.05 Å². The van der Waals surface area contributed by atoms with Gasteiger partial charge in [-0.05, 0) is 32.0 Å². The zero-order valence-electron chi connectivity index (χ0n) is 11.3. The molecule has 2 aromatic rings. The molecular formula is C13H19N5. The molecule has 0 saturated heterocycles. The van der Waals surface area contributed by atoms with Gasteiger partial charge >= 0.3 is 0 Å². The Kier molecular flexibility index (Phi) is 3.72. The van der Waals surface area contributed by atoms with Crippen molar-refractivity contribution in [3.05, 3.63) is 41.0 Å². The van der Waals surface area contributed by atoms with E-state index < -0.39 is 0 Å². The van der Waals surface area contributed by atoms with Crippen LogP contribution < -0.4 is 5.32 Å². The Hall–Kier alpha value is -1.75. The van der Waals surface area contributed by atoms with Crippen LogP contribution in [-0.2, 0) is 13.5 Å². The van der Waals surface area contributed by atoms with Crippen LogP contribution in [0.25, 0.3) is 0 Å². The van der Waals surface area contributed by atoms with Gasteiger partial charge in [0.1, 0.15) is 0 Å². The highest BCUT2D eigenvalue weighted by atomic mass is 15.2. The summed E-state index contributed by atoms with van der Waals surface area (Å²) in [6.07, 6.45) is 4.79. The van der Waals surface area contributed by atoms with E-state index >= 15 is 0 Å². The van der Waals surface area contributed by atoms with Gasteiger partial charge in [-0.1, -0.05) is 6.92 Å². The third-order valence-corrected chi connectivity index (χ3v) is 3.02. The summed E-state index contributed by atoms with van der Waals surface area (Å²) < 4.78 is 1.81. The minimum atomic E-state index is 0.114. The fraction of sp³-hybridized carbons (Fsp3) is 0.462. The van der Waals surface area contributed by atoms with Crippen LogP contribution in [0.3, 0.4) is 0 Å². The Balaban J connectivity index is 2.47. The smallest absolute Gasteiger partial charge is 0.0679 e. The summed E-state index contributed by atoms with van der Waals surface area (Å²) in [6, 6.07) is 2.21. The highest BCUT2D eigenvalue weighted by Gasteiger charge is 2.18. The molecule has 0 spiro atoms. The molecule has 0 saturated carbocycles. The number of hydrogen-bond donors (Lipinski definition) is 1. The number of hydrogen-bond acceptors (Lipinski definition) is 4. The molecule has 18 heavy (non-hydrogen) atoms. The van der Waals surface area contributed by atoms with Gasteiger partial charge in [-0.25, -0.2) is 0 Å². The van der Waals surface area contributed by atoms with E-state index in [1.54, 1.807) is 0 Å². The van der Waals surface area contributed by atoms with Crippen molar-refractivity contribution in [2.45, 2.75) is 26.3 Å². The standard InChI is InChI=1S/C13H19N5/c1-5-12-11(6-9(2)16-17-12)13(14-3)10-7-15-18(4)8-10/h6-8,13-14H,5H2,1-4H3. The van der Waals surface area contributed by atoms with Gasteiger partial charge in [-0.15, -0.1) is 0 Å². The Labute approximate surface area is 107 Å². The van der Waals surface area contributed by atoms with E-state index in [-0.39, 0.29) is 6.04 Å². The molecule has 0 aromatic carbocycles. The predicted octanol–water partition coefficient (Wildman–Crippen LogP) is 1.39. The van der Waals surface area contributed by atoms with Crippen molar-refractivity contribution in [1.82, 2.24) is 25.3 Å². The second-order valence-electron chi connectivity index (χ2n) is 4.41. The lowest BCUT2D eigenvalue weighted by atomic mass is 9.99. The van der Waals surface area contributed by atoms with E-state index in [1.165, 1.54) is 5.56 Å². The summed E-state index contributed by atoms with van der Waals surface area (Å²) in [7, 11) is 3.87. The van der Waals surface area contributed by atoms with E-state index in [1.807, 2.05) is 38.1 Å². The van der Waals surface area contributed by atoms with E-state index in [0.29, 0.717) is 0 Å². The zero-order valence-corrected chi connectivity index (χ0v) is 11.3. The minimum Gasteiger partial charge on any atom is -0.309 e. The van der Waals surface area contributed by atoms with Gasteiger partial charge in [0.15, 0.2) is 0 Å². The van der Waals surface area contributed by atoms with Gasteiger partial charge in [0, 0.05) is 18.8 Å². The maximum Gasteiger partial charge on any atom is 0.0679 e. The molecule has 2 heterocycles. The van der Waals surface area contributed by atoms with Gasteiger partial charge in [-0.3, -0.25) is 4.68 Å². The summed E-state index contributed by atoms with van der Waals surface area (Å²) in [6.45, 7) is 4.06. The number of nitrogens with one attached hydrogen (secondary N) is 1. The largest absolute Gasteiger partial charge is 0.309 e. The van der Waals surface area contributed by atoms with Gasteiger partial charge in [-0.2, -0.15) is 15.3 Å². The second kappa shape index (κ2) is 5.27. The Morgan fingerprint density at radius 3 is 2.72 bits per heavy atom. The van der Waals surface area contributed by atoms with Gasteiger partial charge in [0.25, 0.3) is 0 Å². The molecule has 0 fully saturated rings. The first-order valence-corrected chi connectivity index (χ1v) is 6.14. The molecule has 0 aliphatic heterocycles. The highest BCUT2D eigenvalue weighted by molar-refractivity contribution is 5.32. The lowest BCUT2D eigenvalue weighted by Crippen LogP contribution is -2.20. The average molecular weight is 245 g/mol. The molecule has 0 amide bonds. The molecule has 5 heteroatoms. The maximum absolute atomic E-state index is 4.28. The van der Waals surface area contributed by atoms with Crippen LogP contribution in [0.1, 0.15) is 35.5 Å². The molecule has 1 unspecified atom stereocenters. The number of rotatable bonds is 4. The van der Waals surface area contributed by atoms with Crippen LogP contribution in [-0.4, -0.2) is 27.0 Å². The number of aryl methyl sites for hydroxylation is 3. The lowest BCUT2D eigenvalue weighted by Gasteiger charge is -2.17. The molecule has 0 radical (unpaired) electrons. The molecule has 96 valence electrons. The lowest BCUT2D eigenvalue weighted by molar-refractivity contribution is 0.667. The Morgan fingerprint density at radius 2 is 2.17 bits per heavy atom. The molecule has 0 bridgehead atoms. The molecule has 1 N–H and O–H groups in total. The van der Waals surface area contributed by atoms with Crippen molar-refractivity contribution in [2.75, 3.05) is 7.05 Å². The van der Waals surface area contributed by atoms with E-state index in [4.69, 9.17) is 0 Å². The molecule has 5 nitrogen and oxygen atoms in total. The van der Waals surface area contributed by atoms with E-state index in [2.05, 4.69) is 33.6 Å². The quantitative estimate of drug-likeness (QED) is 0.884. The number of aromatic nitrogens is 4. The fourth-order valence-electron chi connectivity index (χ4n) is 2.15. The minimum absolute atomic E-state index is 0.114. The van der Waals surface area contributed by atoms with Crippen LogP contribution in [0.4, 0.5) is 0 Å². The van der Waals surface area contributed by atoms with Crippen molar-refractivity contribution in [3.8, 4) is 0 Å². The van der Waals surface area contributed by atoms with Crippen molar-refractivity contribution in [3.63, 3.8) is 0 Å². The molecular weight excluding hydrogens is 226 g/mol. The predicted molar refractivity (Wildman–Crippen MR) is 70.3 cm³/mol. The monoisotopic (exact) mass is 245 g/mol.